The van der Waals surface area contributed by atoms with E-state index in [2.05, 4.69) is 23.5 Å². The zero-order chi connectivity index (χ0) is 17.9. The van der Waals surface area contributed by atoms with Gasteiger partial charge in [-0.15, -0.1) is 0 Å². The number of carbonyl (C=O) groups excluding carboxylic acids is 1. The summed E-state index contributed by atoms with van der Waals surface area (Å²) in [5.41, 5.74) is 1.09. The van der Waals surface area contributed by atoms with Gasteiger partial charge in [-0.25, -0.2) is 12.7 Å². The maximum atomic E-state index is 12.5. The summed E-state index contributed by atoms with van der Waals surface area (Å²) in [5, 5.41) is 5.33. The van der Waals surface area contributed by atoms with Crippen LogP contribution in [0.4, 0.5) is 0 Å². The molecule has 3 rings (SSSR count). The topological polar surface area (TPSA) is 66.5 Å². The van der Waals surface area contributed by atoms with E-state index in [1.165, 1.54) is 4.31 Å². The van der Waals surface area contributed by atoms with Crippen LogP contribution in [0.5, 0.6) is 0 Å². The van der Waals surface area contributed by atoms with Gasteiger partial charge in [0.25, 0.3) is 0 Å². The van der Waals surface area contributed by atoms with E-state index in [1.807, 2.05) is 24.3 Å². The number of carbonyl (C=O) groups is 1. The second kappa shape index (κ2) is 7.54. The van der Waals surface area contributed by atoms with Crippen molar-refractivity contribution in [2.75, 3.05) is 18.8 Å². The van der Waals surface area contributed by atoms with Crippen LogP contribution >= 0.6 is 0 Å². The Morgan fingerprint density at radius 3 is 2.52 bits per heavy atom. The summed E-state index contributed by atoms with van der Waals surface area (Å²) in [6.07, 6.45) is 1.17. The van der Waals surface area contributed by atoms with E-state index in [4.69, 9.17) is 0 Å². The lowest BCUT2D eigenvalue weighted by Crippen LogP contribution is -2.43. The minimum atomic E-state index is -3.15. The Labute approximate surface area is 149 Å². The van der Waals surface area contributed by atoms with Gasteiger partial charge >= 0.3 is 0 Å². The zero-order valence-corrected chi connectivity index (χ0v) is 15.3. The number of benzene rings is 2. The SMILES string of the molecule is CCS(=O)(=O)N1CCC(C(=O)NCc2cccc3ccccc23)CC1. The fraction of sp³-hybridized carbons (Fsp3) is 0.421. The van der Waals surface area contributed by atoms with Crippen molar-refractivity contribution in [2.24, 2.45) is 5.92 Å². The van der Waals surface area contributed by atoms with E-state index in [9.17, 15) is 13.2 Å². The predicted octanol–water partition coefficient (Wildman–Crippen LogP) is 2.52. The molecule has 2 aromatic carbocycles. The zero-order valence-electron chi connectivity index (χ0n) is 14.4. The number of hydrogen-bond donors (Lipinski definition) is 1. The van der Waals surface area contributed by atoms with Gasteiger partial charge in [-0.1, -0.05) is 42.5 Å². The molecule has 25 heavy (non-hydrogen) atoms. The summed E-state index contributed by atoms with van der Waals surface area (Å²) in [4.78, 5) is 12.5. The monoisotopic (exact) mass is 360 g/mol. The first-order valence-electron chi connectivity index (χ1n) is 8.73. The molecule has 0 bridgehead atoms. The fourth-order valence-corrected chi connectivity index (χ4v) is 4.48. The highest BCUT2D eigenvalue weighted by molar-refractivity contribution is 7.89. The molecule has 1 saturated heterocycles. The van der Waals surface area contributed by atoms with Crippen LogP contribution in [0.3, 0.4) is 0 Å². The fourth-order valence-electron chi connectivity index (χ4n) is 3.35. The molecule has 134 valence electrons. The summed E-state index contributed by atoms with van der Waals surface area (Å²) < 4.78 is 25.3. The first-order chi connectivity index (χ1) is 12.0. The number of sulfonamides is 1. The molecule has 0 radical (unpaired) electrons. The first-order valence-corrected chi connectivity index (χ1v) is 10.3. The molecule has 0 spiro atoms. The second-order valence-corrected chi connectivity index (χ2v) is 8.69. The molecule has 5 nitrogen and oxygen atoms in total. The number of amides is 1. The van der Waals surface area contributed by atoms with E-state index in [0.29, 0.717) is 32.5 Å². The van der Waals surface area contributed by atoms with Gasteiger partial charge in [-0.2, -0.15) is 0 Å². The molecule has 2 aromatic rings. The molecule has 6 heteroatoms. The molecular weight excluding hydrogens is 336 g/mol. The average molecular weight is 360 g/mol. The Balaban J connectivity index is 1.58. The van der Waals surface area contributed by atoms with Gasteiger partial charge in [0.15, 0.2) is 0 Å². The van der Waals surface area contributed by atoms with Crippen LogP contribution in [0, 0.1) is 5.92 Å². The van der Waals surface area contributed by atoms with Gasteiger partial charge < -0.3 is 5.32 Å². The van der Waals surface area contributed by atoms with Crippen molar-refractivity contribution in [3.05, 3.63) is 48.0 Å². The van der Waals surface area contributed by atoms with Crippen molar-refractivity contribution in [3.8, 4) is 0 Å². The van der Waals surface area contributed by atoms with E-state index < -0.39 is 10.0 Å². The van der Waals surface area contributed by atoms with Crippen molar-refractivity contribution in [1.29, 1.82) is 0 Å². The Kier molecular flexibility index (Phi) is 5.39. The lowest BCUT2D eigenvalue weighted by molar-refractivity contribution is -0.126. The Morgan fingerprint density at radius 2 is 1.80 bits per heavy atom. The van der Waals surface area contributed by atoms with Crippen molar-refractivity contribution >= 4 is 26.7 Å². The van der Waals surface area contributed by atoms with Crippen LogP contribution in [0.25, 0.3) is 10.8 Å². The predicted molar refractivity (Wildman–Crippen MR) is 99.6 cm³/mol. The number of hydrogen-bond acceptors (Lipinski definition) is 3. The standard InChI is InChI=1S/C19H24N2O3S/c1-2-25(23,24)21-12-10-16(11-13-21)19(22)20-14-17-8-5-7-15-6-3-4-9-18(15)17/h3-9,16H,2,10-14H2,1H3,(H,20,22). The highest BCUT2D eigenvalue weighted by Gasteiger charge is 2.29. The molecule has 0 atom stereocenters. The number of nitrogens with one attached hydrogen (secondary N) is 1. The van der Waals surface area contributed by atoms with Crippen molar-refractivity contribution in [1.82, 2.24) is 9.62 Å². The van der Waals surface area contributed by atoms with Crippen LogP contribution in [-0.4, -0.2) is 37.5 Å². The minimum absolute atomic E-state index is 0.0153. The molecule has 0 aromatic heterocycles. The maximum Gasteiger partial charge on any atom is 0.223 e. The molecule has 0 unspecified atom stereocenters. The largest absolute Gasteiger partial charge is 0.352 e. The Bertz CT molecular complexity index is 851. The molecule has 0 aliphatic carbocycles. The highest BCUT2D eigenvalue weighted by Crippen LogP contribution is 2.21. The van der Waals surface area contributed by atoms with Crippen molar-refractivity contribution in [3.63, 3.8) is 0 Å². The summed E-state index contributed by atoms with van der Waals surface area (Å²) in [6, 6.07) is 14.2. The molecular formula is C19H24N2O3S. The molecule has 1 fully saturated rings. The van der Waals surface area contributed by atoms with Crippen molar-refractivity contribution < 1.29 is 13.2 Å². The smallest absolute Gasteiger partial charge is 0.223 e. The molecule has 1 N–H and O–H groups in total. The molecule has 0 saturated carbocycles. The lowest BCUT2D eigenvalue weighted by atomic mass is 9.97. The number of piperidine rings is 1. The third kappa shape index (κ3) is 4.02. The third-order valence-electron chi connectivity index (χ3n) is 4.92. The van der Waals surface area contributed by atoms with E-state index in [0.717, 1.165) is 16.3 Å². The third-order valence-corrected chi connectivity index (χ3v) is 6.80. The van der Waals surface area contributed by atoms with Gasteiger partial charge in [0, 0.05) is 25.6 Å². The minimum Gasteiger partial charge on any atom is -0.352 e. The number of nitrogens with zero attached hydrogens (tertiary/aromatic N) is 1. The van der Waals surface area contributed by atoms with Crippen LogP contribution in [-0.2, 0) is 21.4 Å². The van der Waals surface area contributed by atoms with Gasteiger partial charge in [0.1, 0.15) is 0 Å². The summed E-state index contributed by atoms with van der Waals surface area (Å²) in [5.74, 6) is 0.0186. The molecule has 1 heterocycles. The van der Waals surface area contributed by atoms with E-state index in [-0.39, 0.29) is 17.6 Å². The van der Waals surface area contributed by atoms with Crippen LogP contribution in [0.2, 0.25) is 0 Å². The lowest BCUT2D eigenvalue weighted by Gasteiger charge is -2.30. The Hall–Kier alpha value is -1.92. The van der Waals surface area contributed by atoms with Gasteiger partial charge in [0.2, 0.25) is 15.9 Å². The van der Waals surface area contributed by atoms with Crippen molar-refractivity contribution in [2.45, 2.75) is 26.3 Å². The summed E-state index contributed by atoms with van der Waals surface area (Å²) in [7, 11) is -3.15. The number of fused-ring (bicyclic) bond motifs is 1. The van der Waals surface area contributed by atoms with E-state index >= 15 is 0 Å². The molecule has 1 aliphatic rings. The van der Waals surface area contributed by atoms with E-state index in [1.54, 1.807) is 6.92 Å². The summed E-state index contributed by atoms with van der Waals surface area (Å²) in [6.45, 7) is 3.01. The molecule has 1 aliphatic heterocycles. The molecule has 1 amide bonds. The number of rotatable bonds is 5. The van der Waals surface area contributed by atoms with Crippen LogP contribution in [0.15, 0.2) is 42.5 Å². The van der Waals surface area contributed by atoms with Gasteiger partial charge in [-0.3, -0.25) is 4.79 Å². The highest BCUT2D eigenvalue weighted by atomic mass is 32.2. The van der Waals surface area contributed by atoms with Crippen LogP contribution in [0.1, 0.15) is 25.3 Å². The summed E-state index contributed by atoms with van der Waals surface area (Å²) >= 11 is 0. The maximum absolute atomic E-state index is 12.5. The second-order valence-electron chi connectivity index (χ2n) is 6.43. The normalized spacial score (nSPS) is 16.8. The quantitative estimate of drug-likeness (QED) is 0.891. The van der Waals surface area contributed by atoms with Gasteiger partial charge in [0.05, 0.1) is 5.75 Å². The van der Waals surface area contributed by atoms with Gasteiger partial charge in [-0.05, 0) is 36.1 Å². The van der Waals surface area contributed by atoms with Crippen LogP contribution < -0.4 is 5.32 Å². The average Bonchev–Trinajstić information content (AvgIpc) is 2.66. The first kappa shape index (κ1) is 17.9. The Morgan fingerprint density at radius 1 is 1.12 bits per heavy atom.